The summed E-state index contributed by atoms with van der Waals surface area (Å²) in [5, 5.41) is 2.60. The SMILES string of the molecule is C=CCNC(=O)COc1ccc(C=O)cc1OCC. The van der Waals surface area contributed by atoms with E-state index in [1.807, 2.05) is 6.92 Å². The Morgan fingerprint density at radius 2 is 2.16 bits per heavy atom. The van der Waals surface area contributed by atoms with E-state index in [4.69, 9.17) is 9.47 Å². The number of carbonyl (C=O) groups is 2. The Hall–Kier alpha value is -2.30. The van der Waals surface area contributed by atoms with E-state index >= 15 is 0 Å². The van der Waals surface area contributed by atoms with Gasteiger partial charge in [-0.1, -0.05) is 6.08 Å². The third kappa shape index (κ3) is 4.83. The van der Waals surface area contributed by atoms with Crippen molar-refractivity contribution in [2.75, 3.05) is 19.8 Å². The summed E-state index contributed by atoms with van der Waals surface area (Å²) in [6.07, 6.45) is 2.31. The lowest BCUT2D eigenvalue weighted by molar-refractivity contribution is -0.122. The lowest BCUT2D eigenvalue weighted by Gasteiger charge is -2.12. The molecule has 1 aromatic carbocycles. The highest BCUT2D eigenvalue weighted by molar-refractivity contribution is 5.78. The summed E-state index contributed by atoms with van der Waals surface area (Å²) in [5.74, 6) is 0.631. The van der Waals surface area contributed by atoms with Crippen LogP contribution in [0.3, 0.4) is 0 Å². The van der Waals surface area contributed by atoms with Crippen molar-refractivity contribution in [3.8, 4) is 11.5 Å². The first-order valence-electron chi connectivity index (χ1n) is 5.93. The van der Waals surface area contributed by atoms with Crippen LogP contribution in [0.2, 0.25) is 0 Å². The van der Waals surface area contributed by atoms with E-state index in [-0.39, 0.29) is 12.5 Å². The van der Waals surface area contributed by atoms with E-state index in [9.17, 15) is 9.59 Å². The Morgan fingerprint density at radius 3 is 2.79 bits per heavy atom. The lowest BCUT2D eigenvalue weighted by atomic mass is 10.2. The van der Waals surface area contributed by atoms with Crippen molar-refractivity contribution in [3.63, 3.8) is 0 Å². The largest absolute Gasteiger partial charge is 0.490 e. The van der Waals surface area contributed by atoms with Gasteiger partial charge >= 0.3 is 0 Å². The molecule has 19 heavy (non-hydrogen) atoms. The summed E-state index contributed by atoms with van der Waals surface area (Å²) >= 11 is 0. The first-order valence-corrected chi connectivity index (χ1v) is 5.93. The van der Waals surface area contributed by atoms with E-state index in [1.165, 1.54) is 0 Å². The van der Waals surface area contributed by atoms with E-state index in [0.717, 1.165) is 6.29 Å². The minimum Gasteiger partial charge on any atom is -0.490 e. The molecule has 0 aliphatic carbocycles. The molecular weight excluding hydrogens is 246 g/mol. The molecule has 0 saturated carbocycles. The molecular formula is C14H17NO4. The molecule has 0 heterocycles. The van der Waals surface area contributed by atoms with Crippen molar-refractivity contribution < 1.29 is 19.1 Å². The molecule has 0 radical (unpaired) electrons. The van der Waals surface area contributed by atoms with Crippen LogP contribution < -0.4 is 14.8 Å². The smallest absolute Gasteiger partial charge is 0.258 e. The third-order valence-electron chi connectivity index (χ3n) is 2.21. The highest BCUT2D eigenvalue weighted by Crippen LogP contribution is 2.27. The molecule has 102 valence electrons. The maximum Gasteiger partial charge on any atom is 0.258 e. The second kappa shape index (κ2) is 7.92. The topological polar surface area (TPSA) is 64.6 Å². The molecule has 0 aliphatic heterocycles. The first kappa shape index (κ1) is 14.8. The molecule has 0 bridgehead atoms. The zero-order chi connectivity index (χ0) is 14.1. The Kier molecular flexibility index (Phi) is 6.15. The van der Waals surface area contributed by atoms with Crippen molar-refractivity contribution in [3.05, 3.63) is 36.4 Å². The van der Waals surface area contributed by atoms with Gasteiger partial charge in [-0.2, -0.15) is 0 Å². The van der Waals surface area contributed by atoms with Gasteiger partial charge in [0.25, 0.3) is 5.91 Å². The summed E-state index contributed by atoms with van der Waals surface area (Å²) in [7, 11) is 0. The molecule has 0 fully saturated rings. The second-order valence-electron chi connectivity index (χ2n) is 3.64. The monoisotopic (exact) mass is 263 g/mol. The molecule has 1 amide bonds. The molecule has 0 saturated heterocycles. The maximum absolute atomic E-state index is 11.4. The Balaban J connectivity index is 2.68. The average Bonchev–Trinajstić information content (AvgIpc) is 2.43. The standard InChI is InChI=1S/C14H17NO4/c1-3-7-15-14(17)10-19-12-6-5-11(9-16)8-13(12)18-4-2/h3,5-6,8-9H,1,4,7,10H2,2H3,(H,15,17). The predicted molar refractivity (Wildman–Crippen MR) is 71.7 cm³/mol. The van der Waals surface area contributed by atoms with Crippen LogP contribution in [0, 0.1) is 0 Å². The fraction of sp³-hybridized carbons (Fsp3) is 0.286. The van der Waals surface area contributed by atoms with Crippen molar-refractivity contribution in [1.29, 1.82) is 0 Å². The van der Waals surface area contributed by atoms with E-state index in [0.29, 0.717) is 30.2 Å². The average molecular weight is 263 g/mol. The predicted octanol–water partition coefficient (Wildman–Crippen LogP) is 1.58. The maximum atomic E-state index is 11.4. The Labute approximate surface area is 112 Å². The van der Waals surface area contributed by atoms with E-state index in [2.05, 4.69) is 11.9 Å². The lowest BCUT2D eigenvalue weighted by Crippen LogP contribution is -2.28. The quantitative estimate of drug-likeness (QED) is 0.571. The van der Waals surface area contributed by atoms with E-state index < -0.39 is 0 Å². The number of hydrogen-bond acceptors (Lipinski definition) is 4. The van der Waals surface area contributed by atoms with Gasteiger partial charge in [0.2, 0.25) is 0 Å². The van der Waals surface area contributed by atoms with Gasteiger partial charge in [0, 0.05) is 12.1 Å². The zero-order valence-corrected chi connectivity index (χ0v) is 10.8. The molecule has 1 N–H and O–H groups in total. The number of rotatable bonds is 8. The van der Waals surface area contributed by atoms with Crippen LogP contribution in [0.4, 0.5) is 0 Å². The molecule has 0 spiro atoms. The number of amides is 1. The fourth-order valence-corrected chi connectivity index (χ4v) is 1.37. The molecule has 0 aliphatic rings. The van der Waals surface area contributed by atoms with Gasteiger partial charge in [0.15, 0.2) is 18.1 Å². The van der Waals surface area contributed by atoms with Crippen LogP contribution in [0.15, 0.2) is 30.9 Å². The fourth-order valence-electron chi connectivity index (χ4n) is 1.37. The van der Waals surface area contributed by atoms with Crippen LogP contribution in [0.1, 0.15) is 17.3 Å². The van der Waals surface area contributed by atoms with Crippen LogP contribution in [0.25, 0.3) is 0 Å². The molecule has 1 aromatic rings. The molecule has 0 atom stereocenters. The summed E-state index contributed by atoms with van der Waals surface area (Å²) in [6.45, 7) is 6.05. The summed E-state index contributed by atoms with van der Waals surface area (Å²) in [5.41, 5.74) is 0.493. The van der Waals surface area contributed by atoms with Gasteiger partial charge in [0.05, 0.1) is 6.61 Å². The highest BCUT2D eigenvalue weighted by Gasteiger charge is 2.08. The number of ether oxygens (including phenoxy) is 2. The first-order chi connectivity index (χ1) is 9.21. The van der Waals surface area contributed by atoms with Crippen molar-refractivity contribution in [1.82, 2.24) is 5.32 Å². The molecule has 0 aromatic heterocycles. The van der Waals surface area contributed by atoms with E-state index in [1.54, 1.807) is 24.3 Å². The summed E-state index contributed by atoms with van der Waals surface area (Å²) in [6, 6.07) is 4.79. The number of aldehydes is 1. The van der Waals surface area contributed by atoms with Gasteiger partial charge in [-0.15, -0.1) is 6.58 Å². The van der Waals surface area contributed by atoms with Gasteiger partial charge in [-0.05, 0) is 25.1 Å². The number of nitrogens with one attached hydrogen (secondary N) is 1. The number of hydrogen-bond donors (Lipinski definition) is 1. The summed E-state index contributed by atoms with van der Waals surface area (Å²) in [4.78, 5) is 22.1. The van der Waals surface area contributed by atoms with Crippen LogP contribution in [0.5, 0.6) is 11.5 Å². The second-order valence-corrected chi connectivity index (χ2v) is 3.64. The summed E-state index contributed by atoms with van der Waals surface area (Å²) < 4.78 is 10.7. The number of benzene rings is 1. The minimum absolute atomic E-state index is 0.117. The Bertz CT molecular complexity index is 457. The van der Waals surface area contributed by atoms with Crippen LogP contribution >= 0.6 is 0 Å². The molecule has 0 unspecified atom stereocenters. The number of carbonyl (C=O) groups excluding carboxylic acids is 2. The molecule has 1 rings (SSSR count). The molecule has 5 nitrogen and oxygen atoms in total. The van der Waals surface area contributed by atoms with Crippen molar-refractivity contribution in [2.45, 2.75) is 6.92 Å². The van der Waals surface area contributed by atoms with Crippen molar-refractivity contribution >= 4 is 12.2 Å². The molecule has 5 heteroatoms. The zero-order valence-electron chi connectivity index (χ0n) is 10.8. The van der Waals surface area contributed by atoms with Crippen molar-refractivity contribution in [2.24, 2.45) is 0 Å². The van der Waals surface area contributed by atoms with Gasteiger partial charge in [0.1, 0.15) is 6.29 Å². The van der Waals surface area contributed by atoms with Gasteiger partial charge in [-0.3, -0.25) is 9.59 Å². The highest BCUT2D eigenvalue weighted by atomic mass is 16.5. The normalized spacial score (nSPS) is 9.53. The van der Waals surface area contributed by atoms with Crippen LogP contribution in [-0.2, 0) is 4.79 Å². The van der Waals surface area contributed by atoms with Gasteiger partial charge in [-0.25, -0.2) is 0 Å². The third-order valence-corrected chi connectivity index (χ3v) is 2.21. The Morgan fingerprint density at radius 1 is 1.37 bits per heavy atom. The minimum atomic E-state index is -0.248. The van der Waals surface area contributed by atoms with Crippen LogP contribution in [-0.4, -0.2) is 32.0 Å². The van der Waals surface area contributed by atoms with Gasteiger partial charge < -0.3 is 14.8 Å².